The number of anilines is 2. The topological polar surface area (TPSA) is 71.0 Å². The summed E-state index contributed by atoms with van der Waals surface area (Å²) in [5.41, 5.74) is 1.31. The number of imide groups is 1. The molecule has 1 N–H and O–H groups in total. The minimum atomic E-state index is -0.536. The normalized spacial score (nSPS) is 17.2. The monoisotopic (exact) mass is 417 g/mol. The summed E-state index contributed by atoms with van der Waals surface area (Å²) in [5, 5.41) is 3.82. The fourth-order valence-electron chi connectivity index (χ4n) is 2.77. The summed E-state index contributed by atoms with van der Waals surface area (Å²) in [6.07, 6.45) is 0.121. The van der Waals surface area contributed by atoms with Crippen LogP contribution in [0.5, 0.6) is 5.75 Å². The number of hydrogen-bond donors (Lipinski definition) is 1. The van der Waals surface area contributed by atoms with Crippen molar-refractivity contribution < 1.29 is 14.3 Å². The van der Waals surface area contributed by atoms with Gasteiger partial charge in [0.2, 0.25) is 11.8 Å². The van der Waals surface area contributed by atoms with E-state index < -0.39 is 5.25 Å². The maximum atomic E-state index is 12.9. The van der Waals surface area contributed by atoms with Gasteiger partial charge in [0.1, 0.15) is 11.0 Å². The third kappa shape index (κ3) is 4.66. The molecule has 6 nitrogen and oxygen atoms in total. The molecule has 146 valence electrons. The van der Waals surface area contributed by atoms with Crippen LogP contribution in [0.15, 0.2) is 53.5 Å². The second kappa shape index (κ2) is 9.12. The molecule has 8 heteroatoms. The number of nitrogens with zero attached hydrogens (tertiary/aromatic N) is 2. The Morgan fingerprint density at radius 1 is 1.29 bits per heavy atom. The van der Waals surface area contributed by atoms with Crippen LogP contribution in [0.4, 0.5) is 11.4 Å². The molecule has 1 aliphatic rings. The van der Waals surface area contributed by atoms with E-state index in [0.717, 1.165) is 5.69 Å². The first-order chi connectivity index (χ1) is 13.5. The molecule has 3 rings (SSSR count). The highest BCUT2D eigenvalue weighted by atomic mass is 35.5. The number of methoxy groups -OCH3 is 1. The molecule has 2 amide bonds. The lowest BCUT2D eigenvalue weighted by molar-refractivity contribution is -0.121. The largest absolute Gasteiger partial charge is 0.497 e. The van der Waals surface area contributed by atoms with Crippen molar-refractivity contribution in [3.05, 3.63) is 53.6 Å². The highest BCUT2D eigenvalue weighted by molar-refractivity contribution is 8.15. The Kier molecular flexibility index (Phi) is 6.59. The van der Waals surface area contributed by atoms with Gasteiger partial charge in [0.05, 0.1) is 12.8 Å². The SMILES string of the molecule is CCN=C(Nc1cccc(Cl)c1)S[C@@H]1CC(=O)N(c2ccc(OC)cc2)C1=O. The van der Waals surface area contributed by atoms with Gasteiger partial charge in [0.25, 0.3) is 0 Å². The first-order valence-electron chi connectivity index (χ1n) is 8.76. The molecule has 0 spiro atoms. The van der Waals surface area contributed by atoms with Gasteiger partial charge in [0.15, 0.2) is 5.17 Å². The van der Waals surface area contributed by atoms with E-state index in [4.69, 9.17) is 16.3 Å². The number of thioether (sulfide) groups is 1. The zero-order valence-corrected chi connectivity index (χ0v) is 17.1. The van der Waals surface area contributed by atoms with Crippen molar-refractivity contribution in [1.82, 2.24) is 0 Å². The number of carbonyl (C=O) groups is 2. The number of rotatable bonds is 5. The molecule has 1 fully saturated rings. The Morgan fingerprint density at radius 2 is 2.04 bits per heavy atom. The number of halogens is 1. The van der Waals surface area contributed by atoms with Crippen molar-refractivity contribution in [3.63, 3.8) is 0 Å². The molecule has 0 bridgehead atoms. The van der Waals surface area contributed by atoms with Crippen LogP contribution in [0.25, 0.3) is 0 Å². The molecule has 0 saturated carbocycles. The maximum absolute atomic E-state index is 12.9. The zero-order valence-electron chi connectivity index (χ0n) is 15.5. The van der Waals surface area contributed by atoms with Gasteiger partial charge >= 0.3 is 0 Å². The van der Waals surface area contributed by atoms with Crippen LogP contribution in [-0.2, 0) is 9.59 Å². The van der Waals surface area contributed by atoms with Gasteiger partial charge in [-0.3, -0.25) is 14.6 Å². The third-order valence-electron chi connectivity index (χ3n) is 4.07. The van der Waals surface area contributed by atoms with E-state index in [2.05, 4.69) is 10.3 Å². The van der Waals surface area contributed by atoms with Gasteiger partial charge in [-0.25, -0.2) is 4.90 Å². The van der Waals surface area contributed by atoms with E-state index in [0.29, 0.717) is 28.2 Å². The van der Waals surface area contributed by atoms with Gasteiger partial charge in [-0.1, -0.05) is 29.4 Å². The van der Waals surface area contributed by atoms with Crippen LogP contribution in [0, 0.1) is 0 Å². The van der Waals surface area contributed by atoms with Crippen LogP contribution < -0.4 is 15.0 Å². The number of amidine groups is 1. The molecule has 1 atom stereocenters. The van der Waals surface area contributed by atoms with Crippen molar-refractivity contribution in [2.24, 2.45) is 4.99 Å². The number of aliphatic imine (C=N–C) groups is 1. The molecule has 0 aromatic heterocycles. The van der Waals surface area contributed by atoms with E-state index in [9.17, 15) is 9.59 Å². The van der Waals surface area contributed by atoms with Crippen LogP contribution in [0.2, 0.25) is 5.02 Å². The highest BCUT2D eigenvalue weighted by Gasteiger charge is 2.40. The van der Waals surface area contributed by atoms with Crippen molar-refractivity contribution in [2.45, 2.75) is 18.6 Å². The van der Waals surface area contributed by atoms with E-state index in [1.807, 2.05) is 19.1 Å². The number of amides is 2. The van der Waals surface area contributed by atoms with Crippen LogP contribution in [-0.4, -0.2) is 35.9 Å². The Bertz CT molecular complexity index is 902. The van der Waals surface area contributed by atoms with Gasteiger partial charge < -0.3 is 10.1 Å². The van der Waals surface area contributed by atoms with Crippen LogP contribution in [0.3, 0.4) is 0 Å². The number of ether oxygens (including phenoxy) is 1. The van der Waals surface area contributed by atoms with Gasteiger partial charge in [-0.15, -0.1) is 0 Å². The first-order valence-corrected chi connectivity index (χ1v) is 10.0. The van der Waals surface area contributed by atoms with E-state index >= 15 is 0 Å². The average molecular weight is 418 g/mol. The van der Waals surface area contributed by atoms with Crippen LogP contribution >= 0.6 is 23.4 Å². The van der Waals surface area contributed by atoms with E-state index in [1.54, 1.807) is 43.5 Å². The molecule has 28 heavy (non-hydrogen) atoms. The van der Waals surface area contributed by atoms with Gasteiger partial charge in [0, 0.05) is 23.7 Å². The second-order valence-electron chi connectivity index (χ2n) is 5.99. The predicted molar refractivity (Wildman–Crippen MR) is 115 cm³/mol. The molecule has 1 heterocycles. The summed E-state index contributed by atoms with van der Waals surface area (Å²) in [6.45, 7) is 2.46. The molecule has 0 unspecified atom stereocenters. The number of hydrogen-bond acceptors (Lipinski definition) is 5. The molecule has 2 aromatic carbocycles. The lowest BCUT2D eigenvalue weighted by Gasteiger charge is -2.16. The summed E-state index contributed by atoms with van der Waals surface area (Å²) < 4.78 is 5.13. The van der Waals surface area contributed by atoms with Crippen molar-refractivity contribution >= 4 is 51.7 Å². The molecule has 2 aromatic rings. The minimum Gasteiger partial charge on any atom is -0.497 e. The lowest BCUT2D eigenvalue weighted by atomic mass is 10.3. The number of nitrogens with one attached hydrogen (secondary N) is 1. The number of benzene rings is 2. The Balaban J connectivity index is 1.74. The van der Waals surface area contributed by atoms with E-state index in [1.165, 1.54) is 16.7 Å². The molecule has 0 radical (unpaired) electrons. The van der Waals surface area contributed by atoms with Crippen molar-refractivity contribution in [1.29, 1.82) is 0 Å². The Labute approximate surface area is 172 Å². The van der Waals surface area contributed by atoms with Gasteiger partial charge in [-0.05, 0) is 49.4 Å². The Hall–Kier alpha value is -2.51. The molecule has 1 saturated heterocycles. The smallest absolute Gasteiger partial charge is 0.247 e. The standard InChI is InChI=1S/C20H20ClN3O3S/c1-3-22-20(23-14-6-4-5-13(21)11-14)28-17-12-18(25)24(19(17)26)15-7-9-16(27-2)10-8-15/h4-11,17H,3,12H2,1-2H3,(H,22,23)/t17-/m1/s1. The second-order valence-corrected chi connectivity index (χ2v) is 7.62. The summed E-state index contributed by atoms with van der Waals surface area (Å²) >= 11 is 7.28. The minimum absolute atomic E-state index is 0.121. The maximum Gasteiger partial charge on any atom is 0.247 e. The predicted octanol–water partition coefficient (Wildman–Crippen LogP) is 4.20. The fraction of sp³-hybridized carbons (Fsp3) is 0.250. The van der Waals surface area contributed by atoms with Gasteiger partial charge in [-0.2, -0.15) is 0 Å². The van der Waals surface area contributed by atoms with Crippen molar-refractivity contribution in [3.8, 4) is 5.75 Å². The zero-order chi connectivity index (χ0) is 20.1. The first kappa shape index (κ1) is 20.2. The van der Waals surface area contributed by atoms with Crippen LogP contribution in [0.1, 0.15) is 13.3 Å². The molecular formula is C20H20ClN3O3S. The highest BCUT2D eigenvalue weighted by Crippen LogP contribution is 2.31. The fourth-order valence-corrected chi connectivity index (χ4v) is 4.05. The summed E-state index contributed by atoms with van der Waals surface area (Å²) in [6, 6.07) is 14.1. The third-order valence-corrected chi connectivity index (χ3v) is 5.41. The van der Waals surface area contributed by atoms with E-state index in [-0.39, 0.29) is 18.2 Å². The molecular weight excluding hydrogens is 398 g/mol. The quantitative estimate of drug-likeness (QED) is 0.448. The average Bonchev–Trinajstić information content (AvgIpc) is 2.95. The van der Waals surface area contributed by atoms with Crippen molar-refractivity contribution in [2.75, 3.05) is 23.9 Å². The Morgan fingerprint density at radius 3 is 2.68 bits per heavy atom. The molecule has 1 aliphatic heterocycles. The summed E-state index contributed by atoms with van der Waals surface area (Å²) in [7, 11) is 1.56. The summed E-state index contributed by atoms with van der Waals surface area (Å²) in [4.78, 5) is 31.0. The molecule has 0 aliphatic carbocycles. The lowest BCUT2D eigenvalue weighted by Crippen LogP contribution is -2.31. The summed E-state index contributed by atoms with van der Waals surface area (Å²) in [5.74, 6) is 0.181. The number of carbonyl (C=O) groups excluding carboxylic acids is 2.